The number of halogens is 2. The van der Waals surface area contributed by atoms with E-state index in [9.17, 15) is 0 Å². The number of hydrogen-bond acceptors (Lipinski definition) is 4. The molecule has 2 aromatic carbocycles. The van der Waals surface area contributed by atoms with E-state index in [4.69, 9.17) is 27.0 Å². The summed E-state index contributed by atoms with van der Waals surface area (Å²) < 4.78 is 16.2. The second-order valence-electron chi connectivity index (χ2n) is 6.57. The van der Waals surface area contributed by atoms with Gasteiger partial charge in [0, 0.05) is 0 Å². The normalized spacial score (nSPS) is 15.4. The predicted molar refractivity (Wildman–Crippen MR) is 121 cm³/mol. The average molecular weight is 541 g/mol. The fourth-order valence-electron chi connectivity index (χ4n) is 3.32. The molecule has 148 valence electrons. The van der Waals surface area contributed by atoms with Crippen LogP contribution in [0.1, 0.15) is 12.8 Å². The average Bonchev–Trinajstić information content (AvgIpc) is 3.49. The molecule has 0 atom stereocenters. The Kier molecular flexibility index (Phi) is 7.36. The zero-order valence-corrected chi connectivity index (χ0v) is 21.0. The van der Waals surface area contributed by atoms with Crippen molar-refractivity contribution in [1.29, 1.82) is 0 Å². The van der Waals surface area contributed by atoms with Crippen molar-refractivity contribution in [2.45, 2.75) is 22.6 Å². The Morgan fingerprint density at radius 2 is 1.07 bits per heavy atom. The molecular formula is C22H18Cl2O2S2Zr. The van der Waals surface area contributed by atoms with Crippen molar-refractivity contribution in [2.75, 3.05) is 0 Å². The topological polar surface area (TPSA) is 18.5 Å². The molecule has 0 spiro atoms. The molecule has 0 fully saturated rings. The summed E-state index contributed by atoms with van der Waals surface area (Å²) in [5.41, 5.74) is 0. The Bertz CT molecular complexity index is 901. The SMILES string of the molecule is ClSc1ccc([O][Zr]([O]c2ccc(SCl)cc2)([C]2=CC=CC2)[C]2=CC=CC2)cc1. The first-order valence-electron chi connectivity index (χ1n) is 9.11. The van der Waals surface area contributed by atoms with Gasteiger partial charge in [-0.3, -0.25) is 0 Å². The summed E-state index contributed by atoms with van der Waals surface area (Å²) in [6.07, 6.45) is 14.6. The first-order valence-corrected chi connectivity index (χ1v) is 16.9. The van der Waals surface area contributed by atoms with Crippen molar-refractivity contribution in [1.82, 2.24) is 0 Å². The number of benzene rings is 2. The van der Waals surface area contributed by atoms with Crippen molar-refractivity contribution in [3.05, 3.63) is 91.5 Å². The van der Waals surface area contributed by atoms with Gasteiger partial charge < -0.3 is 0 Å². The maximum absolute atomic E-state index is 6.82. The second-order valence-corrected chi connectivity index (χ2v) is 15.9. The van der Waals surface area contributed by atoms with E-state index < -0.39 is 21.1 Å². The zero-order chi connectivity index (χ0) is 20.1. The van der Waals surface area contributed by atoms with Gasteiger partial charge in [-0.25, -0.2) is 0 Å². The molecule has 0 aliphatic heterocycles. The number of allylic oxidation sites excluding steroid dienone is 8. The molecule has 0 saturated carbocycles. The van der Waals surface area contributed by atoms with Crippen LogP contribution < -0.4 is 5.63 Å². The molecule has 0 bridgehead atoms. The summed E-state index contributed by atoms with van der Waals surface area (Å²) in [6, 6.07) is 15.8. The molecule has 2 aromatic rings. The first kappa shape index (κ1) is 21.4. The molecule has 0 heterocycles. The first-order chi connectivity index (χ1) is 14.2. The van der Waals surface area contributed by atoms with Crippen molar-refractivity contribution in [3.8, 4) is 11.5 Å². The fourth-order valence-corrected chi connectivity index (χ4v) is 12.6. The van der Waals surface area contributed by atoms with Crippen LogP contribution >= 0.6 is 43.3 Å². The summed E-state index contributed by atoms with van der Waals surface area (Å²) in [7, 11) is 14.1. The van der Waals surface area contributed by atoms with Crippen LogP contribution in [0.4, 0.5) is 0 Å². The van der Waals surface area contributed by atoms with Gasteiger partial charge in [0.25, 0.3) is 0 Å². The Hall–Kier alpha value is -0.837. The van der Waals surface area contributed by atoms with E-state index in [1.165, 1.54) is 28.5 Å². The third kappa shape index (κ3) is 4.91. The quantitative estimate of drug-likeness (QED) is 0.335. The van der Waals surface area contributed by atoms with Crippen LogP contribution in [-0.2, 0) is 21.1 Å². The van der Waals surface area contributed by atoms with E-state index in [1.54, 1.807) is 0 Å². The molecule has 0 amide bonds. The Morgan fingerprint density at radius 3 is 1.38 bits per heavy atom. The van der Waals surface area contributed by atoms with Crippen LogP contribution in [0.5, 0.6) is 11.5 Å². The molecule has 2 aliphatic carbocycles. The summed E-state index contributed by atoms with van der Waals surface area (Å²) >= 11 is -3.93. The van der Waals surface area contributed by atoms with E-state index in [1.807, 2.05) is 48.5 Å². The minimum atomic E-state index is -3.93. The predicted octanol–water partition coefficient (Wildman–Crippen LogP) is 8.31. The van der Waals surface area contributed by atoms with Crippen LogP contribution in [0.15, 0.2) is 101 Å². The van der Waals surface area contributed by atoms with Crippen LogP contribution in [0.25, 0.3) is 0 Å². The van der Waals surface area contributed by atoms with Gasteiger partial charge >= 0.3 is 196 Å². The zero-order valence-electron chi connectivity index (χ0n) is 15.4. The molecular weight excluding hydrogens is 523 g/mol. The second kappa shape index (κ2) is 9.98. The van der Waals surface area contributed by atoms with Crippen LogP contribution in [-0.4, -0.2) is 0 Å². The Labute approximate surface area is 194 Å². The van der Waals surface area contributed by atoms with Crippen molar-refractivity contribution in [2.24, 2.45) is 0 Å². The molecule has 0 radical (unpaired) electrons. The summed E-state index contributed by atoms with van der Waals surface area (Å²) in [4.78, 5) is 1.97. The number of hydrogen-bond donors (Lipinski definition) is 0. The summed E-state index contributed by atoms with van der Waals surface area (Å²) in [6.45, 7) is 0. The maximum atomic E-state index is 6.82. The molecule has 29 heavy (non-hydrogen) atoms. The molecule has 4 rings (SSSR count). The van der Waals surface area contributed by atoms with Gasteiger partial charge in [-0.15, -0.1) is 0 Å². The molecule has 0 aromatic heterocycles. The monoisotopic (exact) mass is 538 g/mol. The van der Waals surface area contributed by atoms with Crippen LogP contribution in [0.2, 0.25) is 0 Å². The van der Waals surface area contributed by atoms with Gasteiger partial charge in [0.15, 0.2) is 0 Å². The van der Waals surface area contributed by atoms with Crippen LogP contribution in [0.3, 0.4) is 0 Å². The van der Waals surface area contributed by atoms with Gasteiger partial charge in [-0.2, -0.15) is 0 Å². The van der Waals surface area contributed by atoms with Crippen LogP contribution in [0, 0.1) is 0 Å². The summed E-state index contributed by atoms with van der Waals surface area (Å²) in [5.74, 6) is 1.62. The van der Waals surface area contributed by atoms with Crippen molar-refractivity contribution < 1.29 is 26.8 Å². The summed E-state index contributed by atoms with van der Waals surface area (Å²) in [5, 5.41) is 0. The third-order valence-electron chi connectivity index (χ3n) is 4.74. The molecule has 7 heteroatoms. The van der Waals surface area contributed by atoms with E-state index in [2.05, 4.69) is 36.5 Å². The molecule has 0 saturated heterocycles. The van der Waals surface area contributed by atoms with Gasteiger partial charge in [0.05, 0.1) is 0 Å². The number of rotatable bonds is 8. The molecule has 0 unspecified atom stereocenters. The van der Waals surface area contributed by atoms with Gasteiger partial charge in [0.2, 0.25) is 0 Å². The molecule has 2 aliphatic rings. The van der Waals surface area contributed by atoms with E-state index in [-0.39, 0.29) is 0 Å². The third-order valence-corrected chi connectivity index (χ3v) is 15.3. The fraction of sp³-hybridized carbons (Fsp3) is 0.0909. The Morgan fingerprint density at radius 1 is 0.655 bits per heavy atom. The minimum absolute atomic E-state index is 0.809. The van der Waals surface area contributed by atoms with Gasteiger partial charge in [0.1, 0.15) is 0 Å². The van der Waals surface area contributed by atoms with Gasteiger partial charge in [-0.1, -0.05) is 0 Å². The molecule has 0 N–H and O–H groups in total. The van der Waals surface area contributed by atoms with Crippen molar-refractivity contribution >= 4 is 43.3 Å². The molecule has 2 nitrogen and oxygen atoms in total. The Balaban J connectivity index is 1.74. The van der Waals surface area contributed by atoms with E-state index in [0.29, 0.717) is 0 Å². The van der Waals surface area contributed by atoms with E-state index in [0.717, 1.165) is 34.1 Å². The standard InChI is InChI=1S/2C6H5ClOS.2C5H5.Zr/c2*7-9-6-3-1-5(8)2-4-6;2*1-2-4-5-3-1;/h2*1-4,8H;2*1-3H,4H2;/q;;;;+2/p-2. The van der Waals surface area contributed by atoms with E-state index >= 15 is 0 Å². The van der Waals surface area contributed by atoms with Crippen molar-refractivity contribution in [3.63, 3.8) is 0 Å². The van der Waals surface area contributed by atoms with Gasteiger partial charge in [-0.05, 0) is 0 Å².